The molecule has 0 atom stereocenters. The fourth-order valence-electron chi connectivity index (χ4n) is 3.28. The first kappa shape index (κ1) is 18.1. The number of hydrogen-bond acceptors (Lipinski definition) is 7. The Hall–Kier alpha value is -2.74. The van der Waals surface area contributed by atoms with Crippen LogP contribution in [0.3, 0.4) is 0 Å². The Morgan fingerprint density at radius 3 is 2.00 bits per heavy atom. The van der Waals surface area contributed by atoms with Crippen LogP contribution < -0.4 is 11.5 Å². The summed E-state index contributed by atoms with van der Waals surface area (Å²) in [4.78, 5) is 27.4. The normalized spacial score (nSPS) is 13.0. The first-order valence-corrected chi connectivity index (χ1v) is 8.38. The van der Waals surface area contributed by atoms with Crippen molar-refractivity contribution in [2.24, 2.45) is 11.5 Å². The van der Waals surface area contributed by atoms with Gasteiger partial charge in [0.1, 0.15) is 0 Å². The molecule has 3 rings (SSSR count). The third-order valence-corrected chi connectivity index (χ3v) is 4.53. The molecule has 7 nitrogen and oxygen atoms in total. The molecule has 136 valence electrons. The van der Waals surface area contributed by atoms with E-state index in [0.717, 1.165) is 0 Å². The second kappa shape index (κ2) is 7.25. The number of ketones is 2. The van der Waals surface area contributed by atoms with Crippen LogP contribution in [-0.2, 0) is 6.54 Å². The number of phenolic OH excluding ortho intramolecular Hbond substituents is 2. The first-order chi connectivity index (χ1) is 12.5. The Labute approximate surface area is 150 Å². The minimum Gasteiger partial charge on any atom is -0.504 e. The number of carbonyl (C=O) groups excluding carboxylic acids is 2. The van der Waals surface area contributed by atoms with Crippen LogP contribution in [0.15, 0.2) is 30.3 Å². The van der Waals surface area contributed by atoms with Crippen molar-refractivity contribution in [3.8, 4) is 11.5 Å². The van der Waals surface area contributed by atoms with Crippen molar-refractivity contribution >= 4 is 11.6 Å². The van der Waals surface area contributed by atoms with E-state index in [9.17, 15) is 19.8 Å². The first-order valence-electron chi connectivity index (χ1n) is 8.38. The third kappa shape index (κ3) is 2.96. The largest absolute Gasteiger partial charge is 0.504 e. The maximum atomic E-state index is 12.8. The Balaban J connectivity index is 2.08. The standard InChI is InChI=1S/C19H21N3O4/c20-5-7-22(8-6-21)10-11-9-14-15(19(26)16(11)23)18(25)13-4-2-1-3-12(13)17(14)24/h1-4,9,23,26H,5-8,10,20-21H2. The second-order valence-corrected chi connectivity index (χ2v) is 6.21. The summed E-state index contributed by atoms with van der Waals surface area (Å²) in [6, 6.07) is 7.92. The van der Waals surface area contributed by atoms with Crippen molar-refractivity contribution < 1.29 is 19.8 Å². The molecule has 2 aromatic carbocycles. The average molecular weight is 355 g/mol. The lowest BCUT2D eigenvalue weighted by molar-refractivity contribution is 0.0976. The predicted molar refractivity (Wildman–Crippen MR) is 96.5 cm³/mol. The van der Waals surface area contributed by atoms with Crippen LogP contribution in [0.25, 0.3) is 0 Å². The molecule has 7 heteroatoms. The highest BCUT2D eigenvalue weighted by Gasteiger charge is 2.34. The van der Waals surface area contributed by atoms with E-state index in [-0.39, 0.29) is 29.0 Å². The van der Waals surface area contributed by atoms with Crippen molar-refractivity contribution in [2.75, 3.05) is 26.2 Å². The van der Waals surface area contributed by atoms with Gasteiger partial charge in [-0.25, -0.2) is 0 Å². The monoisotopic (exact) mass is 355 g/mol. The molecule has 1 aliphatic carbocycles. The number of phenols is 2. The van der Waals surface area contributed by atoms with E-state index < -0.39 is 17.3 Å². The topological polar surface area (TPSA) is 130 Å². The number of nitrogens with zero attached hydrogens (tertiary/aromatic N) is 1. The molecule has 0 unspecified atom stereocenters. The predicted octanol–water partition coefficient (Wildman–Crippen LogP) is 0.593. The van der Waals surface area contributed by atoms with E-state index >= 15 is 0 Å². The van der Waals surface area contributed by atoms with Crippen LogP contribution in [0.2, 0.25) is 0 Å². The second-order valence-electron chi connectivity index (χ2n) is 6.21. The van der Waals surface area contributed by atoms with Gasteiger partial charge in [0, 0.05) is 55.0 Å². The Morgan fingerprint density at radius 2 is 1.42 bits per heavy atom. The number of rotatable bonds is 6. The summed E-state index contributed by atoms with van der Waals surface area (Å²) in [6.45, 7) is 2.16. The summed E-state index contributed by atoms with van der Waals surface area (Å²) in [5.41, 5.74) is 12.0. The SMILES string of the molecule is NCCN(CCN)Cc1cc2c(c(O)c1O)C(=O)c1ccccc1C2=O. The zero-order valence-corrected chi connectivity index (χ0v) is 14.2. The molecule has 0 heterocycles. The highest BCUT2D eigenvalue weighted by atomic mass is 16.3. The van der Waals surface area contributed by atoms with Gasteiger partial charge in [-0.05, 0) is 6.07 Å². The van der Waals surface area contributed by atoms with Gasteiger partial charge in [-0.2, -0.15) is 0 Å². The van der Waals surface area contributed by atoms with Crippen molar-refractivity contribution in [3.05, 3.63) is 58.1 Å². The Kier molecular flexibility index (Phi) is 5.03. The van der Waals surface area contributed by atoms with Crippen molar-refractivity contribution in [1.29, 1.82) is 0 Å². The lowest BCUT2D eigenvalue weighted by Gasteiger charge is -2.24. The molecule has 1 aliphatic rings. The van der Waals surface area contributed by atoms with Crippen LogP contribution in [0, 0.1) is 0 Å². The molecular formula is C19H21N3O4. The molecule has 0 aliphatic heterocycles. The van der Waals surface area contributed by atoms with Crippen LogP contribution in [0.5, 0.6) is 11.5 Å². The van der Waals surface area contributed by atoms with Crippen LogP contribution in [0.1, 0.15) is 37.4 Å². The number of aromatic hydroxyl groups is 2. The highest BCUT2D eigenvalue weighted by molar-refractivity contribution is 6.29. The zero-order valence-electron chi connectivity index (χ0n) is 14.2. The van der Waals surface area contributed by atoms with Gasteiger partial charge in [-0.15, -0.1) is 0 Å². The van der Waals surface area contributed by atoms with Gasteiger partial charge in [0.15, 0.2) is 23.1 Å². The fraction of sp³-hybridized carbons (Fsp3) is 0.263. The maximum Gasteiger partial charge on any atom is 0.198 e. The number of benzene rings is 2. The molecule has 0 bridgehead atoms. The summed E-state index contributed by atoms with van der Waals surface area (Å²) in [7, 11) is 0. The van der Waals surface area contributed by atoms with E-state index in [1.807, 2.05) is 4.90 Å². The minimum atomic E-state index is -0.564. The molecule has 0 fully saturated rings. The van der Waals surface area contributed by atoms with E-state index in [0.29, 0.717) is 37.3 Å². The minimum absolute atomic E-state index is 0.0967. The van der Waals surface area contributed by atoms with Gasteiger partial charge in [0.05, 0.1) is 5.56 Å². The number of fused-ring (bicyclic) bond motifs is 2. The molecule has 0 radical (unpaired) electrons. The van der Waals surface area contributed by atoms with E-state index in [1.165, 1.54) is 12.1 Å². The van der Waals surface area contributed by atoms with Crippen LogP contribution in [-0.4, -0.2) is 52.9 Å². The molecule has 6 N–H and O–H groups in total. The molecule has 0 amide bonds. The number of hydrogen-bond donors (Lipinski definition) is 4. The quantitative estimate of drug-likeness (QED) is 0.476. The summed E-state index contributed by atoms with van der Waals surface area (Å²) in [6.07, 6.45) is 0. The summed E-state index contributed by atoms with van der Waals surface area (Å²) in [5.74, 6) is -1.79. The third-order valence-electron chi connectivity index (χ3n) is 4.53. The highest BCUT2D eigenvalue weighted by Crippen LogP contribution is 2.40. The van der Waals surface area contributed by atoms with E-state index in [4.69, 9.17) is 11.5 Å². The van der Waals surface area contributed by atoms with Gasteiger partial charge in [-0.3, -0.25) is 14.5 Å². The fourth-order valence-corrected chi connectivity index (χ4v) is 3.28. The lowest BCUT2D eigenvalue weighted by Crippen LogP contribution is -2.33. The zero-order chi connectivity index (χ0) is 18.8. The van der Waals surface area contributed by atoms with Gasteiger partial charge >= 0.3 is 0 Å². The smallest absolute Gasteiger partial charge is 0.198 e. The molecule has 0 saturated carbocycles. The van der Waals surface area contributed by atoms with Gasteiger partial charge in [0.25, 0.3) is 0 Å². The van der Waals surface area contributed by atoms with Crippen molar-refractivity contribution in [3.63, 3.8) is 0 Å². The number of nitrogens with two attached hydrogens (primary N) is 2. The van der Waals surface area contributed by atoms with Crippen LogP contribution in [0.4, 0.5) is 0 Å². The summed E-state index contributed by atoms with van der Waals surface area (Å²) in [5, 5.41) is 20.8. The number of carbonyl (C=O) groups is 2. The van der Waals surface area contributed by atoms with Crippen molar-refractivity contribution in [1.82, 2.24) is 4.90 Å². The summed E-state index contributed by atoms with van der Waals surface area (Å²) >= 11 is 0. The van der Waals surface area contributed by atoms with E-state index in [2.05, 4.69) is 0 Å². The van der Waals surface area contributed by atoms with Gasteiger partial charge in [-0.1, -0.05) is 24.3 Å². The Bertz CT molecular complexity index is 873. The molecular weight excluding hydrogens is 334 g/mol. The molecule has 0 spiro atoms. The maximum absolute atomic E-state index is 12.8. The van der Waals surface area contributed by atoms with Gasteiger partial charge in [0.2, 0.25) is 0 Å². The van der Waals surface area contributed by atoms with E-state index in [1.54, 1.807) is 18.2 Å². The molecule has 26 heavy (non-hydrogen) atoms. The lowest BCUT2D eigenvalue weighted by atomic mass is 9.82. The van der Waals surface area contributed by atoms with Gasteiger partial charge < -0.3 is 21.7 Å². The Morgan fingerprint density at radius 1 is 0.846 bits per heavy atom. The molecule has 0 saturated heterocycles. The summed E-state index contributed by atoms with van der Waals surface area (Å²) < 4.78 is 0. The average Bonchev–Trinajstić information content (AvgIpc) is 2.64. The molecule has 0 aromatic heterocycles. The van der Waals surface area contributed by atoms with Crippen LogP contribution >= 0.6 is 0 Å². The van der Waals surface area contributed by atoms with Crippen molar-refractivity contribution in [2.45, 2.75) is 6.54 Å². The molecule has 2 aromatic rings.